The molecule has 6 nitrogen and oxygen atoms in total. The highest BCUT2D eigenvalue weighted by molar-refractivity contribution is 7.16. The smallest absolute Gasteiger partial charge is 0.226 e. The predicted molar refractivity (Wildman–Crippen MR) is 106 cm³/mol. The molecule has 0 aliphatic rings. The summed E-state index contributed by atoms with van der Waals surface area (Å²) in [5.41, 5.74) is 6.63. The maximum Gasteiger partial charge on any atom is 0.226 e. The Morgan fingerprint density at radius 2 is 1.58 bits per heavy atom. The van der Waals surface area contributed by atoms with Gasteiger partial charge in [-0.05, 0) is 44.4 Å². The van der Waals surface area contributed by atoms with Gasteiger partial charge in [-0.3, -0.25) is 4.84 Å². The highest BCUT2D eigenvalue weighted by atomic mass is 31.0. The van der Waals surface area contributed by atoms with E-state index in [1.807, 2.05) is 13.8 Å². The molecule has 2 rings (SSSR count). The van der Waals surface area contributed by atoms with Crippen molar-refractivity contribution in [1.29, 1.82) is 0 Å². The maximum atomic E-state index is 5.19. The summed E-state index contributed by atoms with van der Waals surface area (Å²) in [7, 11) is 5.10. The molecule has 1 aromatic heterocycles. The molecule has 0 aliphatic carbocycles. The summed E-state index contributed by atoms with van der Waals surface area (Å²) in [6, 6.07) is 6.36. The molecule has 0 fully saturated rings. The van der Waals surface area contributed by atoms with Crippen LogP contribution in [0.4, 0.5) is 5.95 Å². The van der Waals surface area contributed by atoms with Crippen molar-refractivity contribution in [3.05, 3.63) is 46.5 Å². The number of hydrogen-bond donors (Lipinski definition) is 2. The number of nitrogens with zero attached hydrogens (tertiary/aromatic N) is 3. The molecular formula is C16H27N5OP2. The Labute approximate surface area is 149 Å². The van der Waals surface area contributed by atoms with Gasteiger partial charge in [-0.25, -0.2) is 4.98 Å². The van der Waals surface area contributed by atoms with Gasteiger partial charge in [-0.2, -0.15) is 15.4 Å². The van der Waals surface area contributed by atoms with E-state index in [0.29, 0.717) is 12.6 Å². The predicted octanol–water partition coefficient (Wildman–Crippen LogP) is 2.89. The van der Waals surface area contributed by atoms with E-state index in [1.54, 1.807) is 0 Å². The molecule has 24 heavy (non-hydrogen) atoms. The molecule has 0 bridgehead atoms. The zero-order valence-corrected chi connectivity index (χ0v) is 17.1. The van der Waals surface area contributed by atoms with Crippen LogP contribution in [0.3, 0.4) is 0 Å². The van der Waals surface area contributed by atoms with Crippen LogP contribution in [0.15, 0.2) is 18.2 Å². The van der Waals surface area contributed by atoms with Gasteiger partial charge in [0.2, 0.25) is 5.95 Å². The summed E-state index contributed by atoms with van der Waals surface area (Å²) < 4.78 is 0. The zero-order valence-electron chi connectivity index (χ0n) is 14.8. The van der Waals surface area contributed by atoms with Crippen molar-refractivity contribution < 1.29 is 4.84 Å². The van der Waals surface area contributed by atoms with Gasteiger partial charge >= 0.3 is 0 Å². The van der Waals surface area contributed by atoms with E-state index in [1.165, 1.54) is 16.7 Å². The number of hydroxylamine groups is 1. The normalized spacial score (nSPS) is 10.1. The number of aromatic nitrogens is 3. The molecule has 2 unspecified atom stereocenters. The number of anilines is 1. The largest absolute Gasteiger partial charge is 0.351 e. The van der Waals surface area contributed by atoms with Gasteiger partial charge in [0.05, 0.1) is 6.61 Å². The second kappa shape index (κ2) is 11.4. The van der Waals surface area contributed by atoms with Crippen LogP contribution >= 0.6 is 18.5 Å². The molecule has 0 saturated heterocycles. The number of benzene rings is 1. The average Bonchev–Trinajstić information content (AvgIpc) is 2.51. The molecular weight excluding hydrogens is 340 g/mol. The SMILES string of the molecule is Cc1ccc(CONCP)cc1C.Cc1nc(C)nc(NCP)n1. The standard InChI is InChI=1S/C10H16NOP.C6H11N4P/c1-8-3-4-10(5-9(8)2)6-12-11-7-13;1-4-8-5(2)10-6(9-4)7-3-11/h3-5,11H,6-7,13H2,1-2H3;3,11H2,1-2H3,(H,7,8,9,10). The first-order valence-electron chi connectivity index (χ1n) is 7.70. The Morgan fingerprint density at radius 3 is 2.12 bits per heavy atom. The molecule has 1 heterocycles. The molecule has 132 valence electrons. The fourth-order valence-corrected chi connectivity index (χ4v) is 2.17. The van der Waals surface area contributed by atoms with E-state index in [2.05, 4.69) is 76.3 Å². The number of aryl methyl sites for hydroxylation is 4. The first-order valence-corrected chi connectivity index (χ1v) is 9.33. The second-order valence-electron chi connectivity index (χ2n) is 5.19. The van der Waals surface area contributed by atoms with Crippen LogP contribution in [0.5, 0.6) is 0 Å². The zero-order chi connectivity index (χ0) is 17.9. The van der Waals surface area contributed by atoms with Crippen molar-refractivity contribution in [3.63, 3.8) is 0 Å². The minimum Gasteiger partial charge on any atom is -0.351 e. The van der Waals surface area contributed by atoms with Crippen LogP contribution in [0, 0.1) is 27.7 Å². The van der Waals surface area contributed by atoms with E-state index in [4.69, 9.17) is 4.84 Å². The van der Waals surface area contributed by atoms with Gasteiger partial charge in [0.1, 0.15) is 11.6 Å². The van der Waals surface area contributed by atoms with Crippen molar-refractivity contribution in [2.45, 2.75) is 34.3 Å². The molecule has 2 N–H and O–H groups in total. The van der Waals surface area contributed by atoms with E-state index >= 15 is 0 Å². The molecule has 8 heteroatoms. The Morgan fingerprint density at radius 1 is 0.917 bits per heavy atom. The van der Waals surface area contributed by atoms with Crippen LogP contribution in [0.2, 0.25) is 0 Å². The lowest BCUT2D eigenvalue weighted by molar-refractivity contribution is 0.0402. The molecule has 0 aliphatic heterocycles. The Hall–Kier alpha value is -1.19. The molecule has 0 saturated carbocycles. The molecule has 1 aromatic carbocycles. The first kappa shape index (κ1) is 20.9. The quantitative estimate of drug-likeness (QED) is 0.465. The fourth-order valence-electron chi connectivity index (χ4n) is 1.87. The van der Waals surface area contributed by atoms with Gasteiger partial charge in [0.15, 0.2) is 0 Å². The molecule has 0 radical (unpaired) electrons. The van der Waals surface area contributed by atoms with E-state index in [-0.39, 0.29) is 0 Å². The summed E-state index contributed by atoms with van der Waals surface area (Å²) in [5, 5.41) is 2.99. The van der Waals surface area contributed by atoms with Gasteiger partial charge < -0.3 is 5.32 Å². The fraction of sp³-hybridized carbons (Fsp3) is 0.438. The van der Waals surface area contributed by atoms with Gasteiger partial charge in [0, 0.05) is 12.6 Å². The summed E-state index contributed by atoms with van der Waals surface area (Å²) in [4.78, 5) is 17.4. The third-order valence-electron chi connectivity index (χ3n) is 3.11. The number of hydrogen-bond acceptors (Lipinski definition) is 6. The van der Waals surface area contributed by atoms with Crippen LogP contribution in [-0.2, 0) is 11.4 Å². The Balaban J connectivity index is 0.000000243. The Bertz CT molecular complexity index is 620. The second-order valence-corrected chi connectivity index (χ2v) is 6.01. The summed E-state index contributed by atoms with van der Waals surface area (Å²) in [6.07, 6.45) is 1.51. The van der Waals surface area contributed by atoms with Crippen molar-refractivity contribution in [2.24, 2.45) is 0 Å². The third kappa shape index (κ3) is 8.07. The summed E-state index contributed by atoms with van der Waals surface area (Å²) >= 11 is 0. The highest BCUT2D eigenvalue weighted by Crippen LogP contribution is 2.10. The maximum absolute atomic E-state index is 5.19. The van der Waals surface area contributed by atoms with Gasteiger partial charge in [-0.1, -0.05) is 18.2 Å². The molecule has 0 amide bonds. The minimum absolute atomic E-state index is 0.621. The monoisotopic (exact) mass is 367 g/mol. The van der Waals surface area contributed by atoms with Crippen LogP contribution in [0.25, 0.3) is 0 Å². The van der Waals surface area contributed by atoms with Gasteiger partial charge in [0.25, 0.3) is 0 Å². The van der Waals surface area contributed by atoms with Crippen molar-refractivity contribution in [2.75, 3.05) is 17.9 Å². The molecule has 2 aromatic rings. The Kier molecular flexibility index (Phi) is 9.89. The van der Waals surface area contributed by atoms with Crippen molar-refractivity contribution in [3.8, 4) is 0 Å². The van der Waals surface area contributed by atoms with Gasteiger partial charge in [-0.15, -0.1) is 18.5 Å². The summed E-state index contributed by atoms with van der Waals surface area (Å²) in [6.45, 7) is 8.55. The number of nitrogens with one attached hydrogen (secondary N) is 2. The van der Waals surface area contributed by atoms with Crippen molar-refractivity contribution in [1.82, 2.24) is 20.4 Å². The third-order valence-corrected chi connectivity index (χ3v) is 3.49. The lowest BCUT2D eigenvalue weighted by Crippen LogP contribution is -2.11. The van der Waals surface area contributed by atoms with Crippen LogP contribution < -0.4 is 10.8 Å². The highest BCUT2D eigenvalue weighted by Gasteiger charge is 1.97. The topological polar surface area (TPSA) is 72.0 Å². The van der Waals surface area contributed by atoms with E-state index in [9.17, 15) is 0 Å². The molecule has 2 atom stereocenters. The van der Waals surface area contributed by atoms with Crippen LogP contribution in [0.1, 0.15) is 28.3 Å². The van der Waals surface area contributed by atoms with E-state index < -0.39 is 0 Å². The van der Waals surface area contributed by atoms with E-state index in [0.717, 1.165) is 24.2 Å². The summed E-state index contributed by atoms with van der Waals surface area (Å²) in [5.74, 6) is 2.14. The van der Waals surface area contributed by atoms with Crippen LogP contribution in [-0.4, -0.2) is 27.5 Å². The molecule has 0 spiro atoms. The lowest BCUT2D eigenvalue weighted by atomic mass is 10.1. The average molecular weight is 367 g/mol. The number of rotatable bonds is 6. The first-order chi connectivity index (χ1) is 11.5. The lowest BCUT2D eigenvalue weighted by Gasteiger charge is -2.05. The minimum atomic E-state index is 0.621. The van der Waals surface area contributed by atoms with Crippen molar-refractivity contribution >= 4 is 24.4 Å².